The minimum absolute atomic E-state index is 0.956. The van der Waals surface area contributed by atoms with Gasteiger partial charge in [-0.3, -0.25) is 0 Å². The molecule has 3 aromatic carbocycles. The van der Waals surface area contributed by atoms with Crippen LogP contribution in [0.25, 0.3) is 44.3 Å². The summed E-state index contributed by atoms with van der Waals surface area (Å²) in [6, 6.07) is 25.6. The molecule has 0 aliphatic carbocycles. The zero-order valence-corrected chi connectivity index (χ0v) is 16.4. The monoisotopic (exact) mass is 364 g/mol. The molecule has 0 unspecified atom stereocenters. The van der Waals surface area contributed by atoms with Gasteiger partial charge in [-0.05, 0) is 48.7 Å². The van der Waals surface area contributed by atoms with Crippen LogP contribution in [0.15, 0.2) is 83.4 Å². The van der Waals surface area contributed by atoms with Gasteiger partial charge >= 0.3 is 0 Å². The van der Waals surface area contributed by atoms with Crippen molar-refractivity contribution in [2.24, 2.45) is 7.05 Å². The van der Waals surface area contributed by atoms with Gasteiger partial charge in [0.05, 0.1) is 5.56 Å². The molecule has 0 aliphatic rings. The zero-order chi connectivity index (χ0) is 19.3. The summed E-state index contributed by atoms with van der Waals surface area (Å²) < 4.78 is 8.75. The number of aromatic nitrogens is 1. The van der Waals surface area contributed by atoms with E-state index in [9.17, 15) is 0 Å². The molecule has 136 valence electrons. The lowest BCUT2D eigenvalue weighted by Gasteiger charge is -2.05. The van der Waals surface area contributed by atoms with E-state index in [1.165, 1.54) is 27.5 Å². The van der Waals surface area contributed by atoms with Gasteiger partial charge in [0, 0.05) is 28.5 Å². The van der Waals surface area contributed by atoms with Crippen molar-refractivity contribution in [3.8, 4) is 22.4 Å². The van der Waals surface area contributed by atoms with Gasteiger partial charge in [-0.1, -0.05) is 42.5 Å². The maximum absolute atomic E-state index is 6.60. The molecule has 0 saturated carbocycles. The fourth-order valence-electron chi connectivity index (χ4n) is 4.12. The Balaban J connectivity index is 1.92. The standard InChI is InChI=1S/C26H22NO/c1-17-15-21(19-9-5-4-6-10-19)25-22(16-17)20-13-12-18(2)24(26(20)28-25)23-11-7-8-14-27(23)3/h4-16H,1-3H3/q+1. The van der Waals surface area contributed by atoms with E-state index in [1.807, 2.05) is 6.07 Å². The average Bonchev–Trinajstić information content (AvgIpc) is 3.07. The van der Waals surface area contributed by atoms with E-state index >= 15 is 0 Å². The van der Waals surface area contributed by atoms with Crippen molar-refractivity contribution in [2.75, 3.05) is 0 Å². The van der Waals surface area contributed by atoms with Crippen LogP contribution in [0.1, 0.15) is 11.1 Å². The van der Waals surface area contributed by atoms with Crippen molar-refractivity contribution in [3.63, 3.8) is 0 Å². The third-order valence-corrected chi connectivity index (χ3v) is 5.49. The van der Waals surface area contributed by atoms with Crippen LogP contribution in [0.5, 0.6) is 0 Å². The first kappa shape index (κ1) is 16.8. The predicted octanol–water partition coefficient (Wildman–Crippen LogP) is 6.36. The highest BCUT2D eigenvalue weighted by Crippen LogP contribution is 2.41. The zero-order valence-electron chi connectivity index (χ0n) is 16.4. The van der Waals surface area contributed by atoms with E-state index < -0.39 is 0 Å². The Morgan fingerprint density at radius 2 is 1.54 bits per heavy atom. The molecule has 0 amide bonds. The first-order chi connectivity index (χ1) is 13.6. The molecule has 2 heterocycles. The van der Waals surface area contributed by atoms with Gasteiger partial charge in [0.1, 0.15) is 18.2 Å². The van der Waals surface area contributed by atoms with E-state index in [-0.39, 0.29) is 0 Å². The largest absolute Gasteiger partial charge is 0.454 e. The van der Waals surface area contributed by atoms with E-state index in [0.717, 1.165) is 28.0 Å². The van der Waals surface area contributed by atoms with Gasteiger partial charge in [-0.2, -0.15) is 0 Å². The summed E-state index contributed by atoms with van der Waals surface area (Å²) in [7, 11) is 2.08. The van der Waals surface area contributed by atoms with Gasteiger partial charge in [0.2, 0.25) is 5.69 Å². The Hall–Kier alpha value is -3.39. The van der Waals surface area contributed by atoms with Gasteiger partial charge in [-0.25, -0.2) is 4.57 Å². The van der Waals surface area contributed by atoms with Crippen LogP contribution in [0.2, 0.25) is 0 Å². The van der Waals surface area contributed by atoms with Crippen LogP contribution in [-0.2, 0) is 7.05 Å². The second-order valence-corrected chi connectivity index (χ2v) is 7.49. The maximum atomic E-state index is 6.60. The molecule has 2 heteroatoms. The van der Waals surface area contributed by atoms with Crippen LogP contribution < -0.4 is 4.57 Å². The minimum Gasteiger partial charge on any atom is -0.454 e. The molecule has 0 aliphatic heterocycles. The quantitative estimate of drug-likeness (QED) is 0.333. The van der Waals surface area contributed by atoms with E-state index in [0.29, 0.717) is 0 Å². The average molecular weight is 364 g/mol. The number of benzene rings is 3. The third kappa shape index (κ3) is 2.53. The maximum Gasteiger partial charge on any atom is 0.216 e. The lowest BCUT2D eigenvalue weighted by molar-refractivity contribution is -0.660. The molecule has 28 heavy (non-hydrogen) atoms. The second-order valence-electron chi connectivity index (χ2n) is 7.49. The van der Waals surface area contributed by atoms with Crippen molar-refractivity contribution in [1.29, 1.82) is 0 Å². The number of hydrogen-bond donors (Lipinski definition) is 0. The summed E-state index contributed by atoms with van der Waals surface area (Å²) in [6.45, 7) is 4.30. The third-order valence-electron chi connectivity index (χ3n) is 5.49. The van der Waals surface area contributed by atoms with Gasteiger partial charge < -0.3 is 4.42 Å². The minimum atomic E-state index is 0.956. The van der Waals surface area contributed by atoms with Gasteiger partial charge in [-0.15, -0.1) is 0 Å². The Bertz CT molecular complexity index is 1330. The Labute approximate surface area is 164 Å². The predicted molar refractivity (Wildman–Crippen MR) is 115 cm³/mol. The summed E-state index contributed by atoms with van der Waals surface area (Å²) in [5.41, 5.74) is 9.01. The molecule has 0 saturated heterocycles. The lowest BCUT2D eigenvalue weighted by atomic mass is 9.97. The molecule has 0 fully saturated rings. The fourth-order valence-corrected chi connectivity index (χ4v) is 4.12. The molecule has 0 atom stereocenters. The van der Waals surface area contributed by atoms with E-state index in [2.05, 4.69) is 98.4 Å². The molecule has 5 rings (SSSR count). The Morgan fingerprint density at radius 3 is 2.32 bits per heavy atom. The SMILES string of the molecule is Cc1cc(-c2ccccc2)c2oc3c(-c4cccc[n+]4C)c(C)ccc3c2c1. The summed E-state index contributed by atoms with van der Waals surface area (Å²) in [4.78, 5) is 0. The summed E-state index contributed by atoms with van der Waals surface area (Å²) >= 11 is 0. The first-order valence-electron chi connectivity index (χ1n) is 9.60. The molecule has 0 N–H and O–H groups in total. The van der Waals surface area contributed by atoms with Crippen LogP contribution in [-0.4, -0.2) is 0 Å². The number of nitrogens with zero attached hydrogens (tertiary/aromatic N) is 1. The topological polar surface area (TPSA) is 17.0 Å². The van der Waals surface area contributed by atoms with E-state index in [1.54, 1.807) is 0 Å². The molecule has 2 nitrogen and oxygen atoms in total. The number of fused-ring (bicyclic) bond motifs is 3. The number of furan rings is 1. The Kier molecular flexibility index (Phi) is 3.80. The van der Waals surface area contributed by atoms with E-state index in [4.69, 9.17) is 4.42 Å². The number of pyridine rings is 1. The normalized spacial score (nSPS) is 11.4. The highest BCUT2D eigenvalue weighted by molar-refractivity contribution is 6.13. The fraction of sp³-hybridized carbons (Fsp3) is 0.115. The molecule has 0 spiro atoms. The molecule has 0 bridgehead atoms. The lowest BCUT2D eigenvalue weighted by Crippen LogP contribution is -2.30. The summed E-state index contributed by atoms with van der Waals surface area (Å²) in [5.74, 6) is 0. The summed E-state index contributed by atoms with van der Waals surface area (Å²) in [6.07, 6.45) is 2.08. The number of rotatable bonds is 2. The second kappa shape index (κ2) is 6.35. The summed E-state index contributed by atoms with van der Waals surface area (Å²) in [5, 5.41) is 2.34. The highest BCUT2D eigenvalue weighted by Gasteiger charge is 2.21. The molecular formula is C26H22NO+. The van der Waals surface area contributed by atoms with Gasteiger partial charge in [0.25, 0.3) is 0 Å². The van der Waals surface area contributed by atoms with Crippen LogP contribution in [0, 0.1) is 13.8 Å². The van der Waals surface area contributed by atoms with Crippen molar-refractivity contribution in [3.05, 3.63) is 90.1 Å². The van der Waals surface area contributed by atoms with Crippen molar-refractivity contribution < 1.29 is 8.98 Å². The molecular weight excluding hydrogens is 342 g/mol. The number of aryl methyl sites for hydroxylation is 3. The molecule has 5 aromatic rings. The van der Waals surface area contributed by atoms with Crippen molar-refractivity contribution in [1.82, 2.24) is 0 Å². The van der Waals surface area contributed by atoms with Gasteiger partial charge in [0.15, 0.2) is 6.20 Å². The van der Waals surface area contributed by atoms with Crippen molar-refractivity contribution >= 4 is 21.9 Å². The highest BCUT2D eigenvalue weighted by atomic mass is 16.3. The smallest absolute Gasteiger partial charge is 0.216 e. The molecule has 2 aromatic heterocycles. The van der Waals surface area contributed by atoms with Crippen LogP contribution >= 0.6 is 0 Å². The first-order valence-corrected chi connectivity index (χ1v) is 9.60. The molecule has 0 radical (unpaired) electrons. The van der Waals surface area contributed by atoms with Crippen molar-refractivity contribution in [2.45, 2.75) is 13.8 Å². The number of hydrogen-bond acceptors (Lipinski definition) is 1. The van der Waals surface area contributed by atoms with Crippen LogP contribution in [0.4, 0.5) is 0 Å². The Morgan fingerprint density at radius 1 is 0.750 bits per heavy atom. The van der Waals surface area contributed by atoms with Crippen LogP contribution in [0.3, 0.4) is 0 Å².